The Morgan fingerprint density at radius 2 is 1.79 bits per heavy atom. The number of aliphatic hydroxyl groups is 1. The molecule has 2 heterocycles. The average Bonchev–Trinajstić information content (AvgIpc) is 3.55. The van der Waals surface area contributed by atoms with Gasteiger partial charge in [-0.2, -0.15) is 0 Å². The molecule has 6 heteroatoms. The second kappa shape index (κ2) is 11.5. The van der Waals surface area contributed by atoms with E-state index in [9.17, 15) is 14.7 Å². The zero-order valence-electron chi connectivity index (χ0n) is 22.7. The Hall–Kier alpha value is -3.90. The Morgan fingerprint density at radius 1 is 1.05 bits per heavy atom. The normalized spacial score (nSPS) is 20.7. The second-order valence-corrected chi connectivity index (χ2v) is 10.7. The van der Waals surface area contributed by atoms with Crippen molar-refractivity contribution in [2.45, 2.75) is 58.3 Å². The van der Waals surface area contributed by atoms with Crippen LogP contribution in [-0.2, 0) is 20.9 Å². The summed E-state index contributed by atoms with van der Waals surface area (Å²) in [5.74, 6) is -0.424. The third-order valence-corrected chi connectivity index (χ3v) is 7.57. The SMILES string of the molecule is Cc1cc(/C(O)=C2/C(=O)C(=O)N(CC3CCCO3)C2c2ccc(C(C)C)cc2)ccc1OCc1ccccc1. The van der Waals surface area contributed by atoms with E-state index in [1.165, 1.54) is 0 Å². The summed E-state index contributed by atoms with van der Waals surface area (Å²) in [7, 11) is 0. The number of ketones is 1. The molecule has 0 saturated carbocycles. The Kier molecular flexibility index (Phi) is 7.84. The number of nitrogens with zero attached hydrogens (tertiary/aromatic N) is 1. The molecule has 3 aromatic carbocycles. The van der Waals surface area contributed by atoms with Gasteiger partial charge in [0.15, 0.2) is 0 Å². The van der Waals surface area contributed by atoms with Crippen LogP contribution in [0.1, 0.15) is 66.5 Å². The molecule has 0 bridgehead atoms. The second-order valence-electron chi connectivity index (χ2n) is 10.7. The third kappa shape index (κ3) is 5.62. The molecule has 2 unspecified atom stereocenters. The summed E-state index contributed by atoms with van der Waals surface area (Å²) in [4.78, 5) is 28.3. The zero-order chi connectivity index (χ0) is 27.5. The number of carbonyl (C=O) groups is 2. The monoisotopic (exact) mass is 525 g/mol. The van der Waals surface area contributed by atoms with Crippen molar-refractivity contribution in [2.75, 3.05) is 13.2 Å². The standard InChI is InChI=1S/C33H35NO5/c1-21(2)24-11-13-25(14-12-24)30-29(32(36)33(37)34(30)19-27-10-7-17-38-27)31(35)26-15-16-28(22(3)18-26)39-20-23-8-5-4-6-9-23/h4-6,8-9,11-16,18,21,27,30,35H,7,10,17,19-20H2,1-3H3/b31-29-. The van der Waals surface area contributed by atoms with E-state index in [1.807, 2.05) is 61.5 Å². The summed E-state index contributed by atoms with van der Waals surface area (Å²) in [5.41, 5.74) is 4.40. The number of benzene rings is 3. The molecule has 39 heavy (non-hydrogen) atoms. The first-order valence-electron chi connectivity index (χ1n) is 13.6. The van der Waals surface area contributed by atoms with E-state index in [-0.39, 0.29) is 17.4 Å². The molecular formula is C33H35NO5. The number of ether oxygens (including phenoxy) is 2. The van der Waals surface area contributed by atoms with Crippen LogP contribution in [0, 0.1) is 6.92 Å². The Labute approximate surface area is 229 Å². The maximum Gasteiger partial charge on any atom is 0.295 e. The van der Waals surface area contributed by atoms with Crippen LogP contribution in [-0.4, -0.2) is 41.0 Å². The number of aliphatic hydroxyl groups excluding tert-OH is 1. The maximum atomic E-state index is 13.4. The fraction of sp³-hybridized carbons (Fsp3) is 0.333. The lowest BCUT2D eigenvalue weighted by Crippen LogP contribution is -2.36. The van der Waals surface area contributed by atoms with E-state index in [1.54, 1.807) is 23.1 Å². The minimum Gasteiger partial charge on any atom is -0.507 e. The lowest BCUT2D eigenvalue weighted by Gasteiger charge is -2.27. The molecule has 2 aliphatic heterocycles. The summed E-state index contributed by atoms with van der Waals surface area (Å²) < 4.78 is 11.8. The van der Waals surface area contributed by atoms with Crippen LogP contribution in [0.3, 0.4) is 0 Å². The molecule has 2 atom stereocenters. The van der Waals surface area contributed by atoms with Crippen LogP contribution >= 0.6 is 0 Å². The number of likely N-dealkylation sites (tertiary alicyclic amines) is 1. The Morgan fingerprint density at radius 3 is 2.44 bits per heavy atom. The molecule has 0 aliphatic carbocycles. The lowest BCUT2D eigenvalue weighted by molar-refractivity contribution is -0.140. The molecule has 0 radical (unpaired) electrons. The Bertz CT molecular complexity index is 1370. The molecule has 2 aliphatic rings. The summed E-state index contributed by atoms with van der Waals surface area (Å²) in [5, 5.41) is 11.5. The van der Waals surface area contributed by atoms with Gasteiger partial charge in [-0.3, -0.25) is 9.59 Å². The van der Waals surface area contributed by atoms with Crippen molar-refractivity contribution < 1.29 is 24.2 Å². The molecule has 0 aromatic heterocycles. The molecule has 202 valence electrons. The smallest absolute Gasteiger partial charge is 0.295 e. The van der Waals surface area contributed by atoms with Gasteiger partial charge in [-0.05, 0) is 66.1 Å². The molecule has 0 spiro atoms. The van der Waals surface area contributed by atoms with Crippen molar-refractivity contribution in [1.29, 1.82) is 0 Å². The van der Waals surface area contributed by atoms with Gasteiger partial charge in [0.2, 0.25) is 0 Å². The molecule has 1 N–H and O–H groups in total. The highest BCUT2D eigenvalue weighted by molar-refractivity contribution is 6.46. The Balaban J connectivity index is 1.49. The molecular weight excluding hydrogens is 490 g/mol. The van der Waals surface area contributed by atoms with E-state index in [0.29, 0.717) is 37.0 Å². The largest absolute Gasteiger partial charge is 0.507 e. The van der Waals surface area contributed by atoms with Crippen molar-refractivity contribution in [1.82, 2.24) is 4.90 Å². The number of Topliss-reactive ketones (excluding diaryl/α,β-unsaturated/α-hetero) is 1. The topological polar surface area (TPSA) is 76.1 Å². The lowest BCUT2D eigenvalue weighted by atomic mass is 9.93. The highest BCUT2D eigenvalue weighted by Crippen LogP contribution is 2.41. The van der Waals surface area contributed by atoms with E-state index in [2.05, 4.69) is 13.8 Å². The zero-order valence-corrected chi connectivity index (χ0v) is 22.7. The predicted molar refractivity (Wildman–Crippen MR) is 150 cm³/mol. The van der Waals surface area contributed by atoms with Crippen molar-refractivity contribution >= 4 is 17.4 Å². The van der Waals surface area contributed by atoms with Crippen LogP contribution in [0.2, 0.25) is 0 Å². The van der Waals surface area contributed by atoms with Gasteiger partial charge in [0.05, 0.1) is 17.7 Å². The van der Waals surface area contributed by atoms with E-state index < -0.39 is 17.7 Å². The van der Waals surface area contributed by atoms with Crippen molar-refractivity contribution in [3.05, 3.63) is 106 Å². The number of aryl methyl sites for hydroxylation is 1. The van der Waals surface area contributed by atoms with Crippen molar-refractivity contribution in [3.63, 3.8) is 0 Å². The first-order valence-corrected chi connectivity index (χ1v) is 13.6. The number of hydrogen-bond acceptors (Lipinski definition) is 5. The quantitative estimate of drug-likeness (QED) is 0.212. The minimum atomic E-state index is -0.690. The number of rotatable bonds is 8. The van der Waals surface area contributed by atoms with Crippen LogP contribution in [0.15, 0.2) is 78.4 Å². The molecule has 2 fully saturated rings. The number of hydrogen-bond donors (Lipinski definition) is 1. The van der Waals surface area contributed by atoms with Gasteiger partial charge in [-0.15, -0.1) is 0 Å². The molecule has 1 amide bonds. The third-order valence-electron chi connectivity index (χ3n) is 7.57. The van der Waals surface area contributed by atoms with E-state index in [4.69, 9.17) is 9.47 Å². The minimum absolute atomic E-state index is 0.104. The van der Waals surface area contributed by atoms with Crippen LogP contribution < -0.4 is 4.74 Å². The predicted octanol–water partition coefficient (Wildman–Crippen LogP) is 6.30. The molecule has 5 rings (SSSR count). The van der Waals surface area contributed by atoms with Crippen LogP contribution in [0.5, 0.6) is 5.75 Å². The van der Waals surface area contributed by atoms with E-state index >= 15 is 0 Å². The molecule has 3 aromatic rings. The highest BCUT2D eigenvalue weighted by Gasteiger charge is 2.47. The molecule has 2 saturated heterocycles. The average molecular weight is 526 g/mol. The van der Waals surface area contributed by atoms with Crippen LogP contribution in [0.25, 0.3) is 5.76 Å². The van der Waals surface area contributed by atoms with Crippen LogP contribution in [0.4, 0.5) is 0 Å². The van der Waals surface area contributed by atoms with Gasteiger partial charge in [0, 0.05) is 18.7 Å². The van der Waals surface area contributed by atoms with E-state index in [0.717, 1.165) is 35.1 Å². The highest BCUT2D eigenvalue weighted by atomic mass is 16.5. The molecule has 6 nitrogen and oxygen atoms in total. The van der Waals surface area contributed by atoms with Gasteiger partial charge in [-0.25, -0.2) is 0 Å². The first kappa shape index (κ1) is 26.7. The summed E-state index contributed by atoms with van der Waals surface area (Å²) >= 11 is 0. The fourth-order valence-electron chi connectivity index (χ4n) is 5.34. The number of amides is 1. The number of carbonyl (C=O) groups excluding carboxylic acids is 2. The van der Waals surface area contributed by atoms with Crippen molar-refractivity contribution in [3.8, 4) is 5.75 Å². The van der Waals surface area contributed by atoms with Gasteiger partial charge in [0.1, 0.15) is 18.1 Å². The summed E-state index contributed by atoms with van der Waals surface area (Å²) in [6.45, 7) is 7.52. The fourth-order valence-corrected chi connectivity index (χ4v) is 5.34. The summed E-state index contributed by atoms with van der Waals surface area (Å²) in [6, 6.07) is 22.5. The maximum absolute atomic E-state index is 13.4. The van der Waals surface area contributed by atoms with Gasteiger partial charge >= 0.3 is 0 Å². The van der Waals surface area contributed by atoms with Gasteiger partial charge in [0.25, 0.3) is 11.7 Å². The van der Waals surface area contributed by atoms with Crippen molar-refractivity contribution in [2.24, 2.45) is 0 Å². The summed E-state index contributed by atoms with van der Waals surface area (Å²) in [6.07, 6.45) is 1.65. The van der Waals surface area contributed by atoms with Gasteiger partial charge < -0.3 is 19.5 Å². The van der Waals surface area contributed by atoms with Gasteiger partial charge in [-0.1, -0.05) is 68.4 Å². The first-order chi connectivity index (χ1) is 18.8.